The number of carbonyl (C=O) groups is 1. The highest BCUT2D eigenvalue weighted by Gasteiger charge is 2.10. The number of aromatic nitrogens is 2. The minimum atomic E-state index is -0.313. The van der Waals surface area contributed by atoms with Crippen molar-refractivity contribution in [3.63, 3.8) is 0 Å². The Labute approximate surface area is 163 Å². The molecule has 0 radical (unpaired) electrons. The molecule has 0 spiro atoms. The third kappa shape index (κ3) is 3.27. The Balaban J connectivity index is 1.64. The summed E-state index contributed by atoms with van der Waals surface area (Å²) in [5, 5.41) is 2.08. The molecule has 5 heteroatoms. The van der Waals surface area contributed by atoms with Crippen molar-refractivity contribution in [1.29, 1.82) is 0 Å². The molecular weight excluding hydrogens is 350 g/mol. The van der Waals surface area contributed by atoms with Gasteiger partial charge in [0.1, 0.15) is 5.52 Å². The standard InChI is InChI=1S/C23H21N3O2/c1-14-11-17(23(27)28-2)10-9-16(14)8-7-15-12-19-18-5-3-4-6-20(18)26-22(24)21(19)25-13-15/h3-6,9-13H,7-8H2,1-2H3,(H2,24,26). The molecular formula is C23H21N3O2. The summed E-state index contributed by atoms with van der Waals surface area (Å²) in [5.74, 6) is 0.140. The number of benzene rings is 2. The molecule has 5 nitrogen and oxygen atoms in total. The number of fused-ring (bicyclic) bond motifs is 3. The van der Waals surface area contributed by atoms with Crippen LogP contribution in [0.1, 0.15) is 27.0 Å². The van der Waals surface area contributed by atoms with E-state index in [4.69, 9.17) is 10.5 Å². The largest absolute Gasteiger partial charge is 0.465 e. The van der Waals surface area contributed by atoms with Gasteiger partial charge >= 0.3 is 5.97 Å². The molecule has 28 heavy (non-hydrogen) atoms. The van der Waals surface area contributed by atoms with Crippen LogP contribution >= 0.6 is 0 Å². The molecule has 0 bridgehead atoms. The fourth-order valence-electron chi connectivity index (χ4n) is 3.54. The van der Waals surface area contributed by atoms with Gasteiger partial charge in [-0.15, -0.1) is 0 Å². The van der Waals surface area contributed by atoms with Crippen LogP contribution in [-0.2, 0) is 17.6 Å². The first-order valence-corrected chi connectivity index (χ1v) is 9.17. The predicted molar refractivity (Wildman–Crippen MR) is 111 cm³/mol. The van der Waals surface area contributed by atoms with Crippen LogP contribution in [0.4, 0.5) is 5.82 Å². The molecule has 0 saturated heterocycles. The number of hydrogen-bond donors (Lipinski definition) is 1. The summed E-state index contributed by atoms with van der Waals surface area (Å²) in [6.07, 6.45) is 3.57. The van der Waals surface area contributed by atoms with Gasteiger partial charge in [-0.25, -0.2) is 9.78 Å². The van der Waals surface area contributed by atoms with Gasteiger partial charge < -0.3 is 10.5 Å². The number of nitrogen functional groups attached to an aromatic ring is 1. The molecule has 0 atom stereocenters. The van der Waals surface area contributed by atoms with Crippen molar-refractivity contribution >= 4 is 33.6 Å². The molecule has 0 aliphatic heterocycles. The molecule has 2 aromatic heterocycles. The first-order chi connectivity index (χ1) is 13.6. The summed E-state index contributed by atoms with van der Waals surface area (Å²) in [4.78, 5) is 20.7. The number of aryl methyl sites for hydroxylation is 3. The highest BCUT2D eigenvalue weighted by Crippen LogP contribution is 2.27. The molecule has 0 fully saturated rings. The monoisotopic (exact) mass is 371 g/mol. The summed E-state index contributed by atoms with van der Waals surface area (Å²) in [7, 11) is 1.39. The van der Waals surface area contributed by atoms with Gasteiger partial charge in [-0.1, -0.05) is 24.3 Å². The Morgan fingerprint density at radius 2 is 1.89 bits per heavy atom. The molecule has 2 N–H and O–H groups in total. The average Bonchev–Trinajstić information content (AvgIpc) is 2.72. The SMILES string of the molecule is COC(=O)c1ccc(CCc2cnc3c(N)nc4ccccc4c3c2)c(C)c1. The van der Waals surface area contributed by atoms with Crippen LogP contribution in [0.15, 0.2) is 54.7 Å². The van der Waals surface area contributed by atoms with Gasteiger partial charge in [-0.2, -0.15) is 0 Å². The van der Waals surface area contributed by atoms with Crippen molar-refractivity contribution in [2.45, 2.75) is 19.8 Å². The van der Waals surface area contributed by atoms with Crippen molar-refractivity contribution in [2.75, 3.05) is 12.8 Å². The maximum Gasteiger partial charge on any atom is 0.337 e. The van der Waals surface area contributed by atoms with Crippen LogP contribution in [0.2, 0.25) is 0 Å². The molecule has 4 rings (SSSR count). The van der Waals surface area contributed by atoms with Gasteiger partial charge in [-0.3, -0.25) is 4.98 Å². The molecule has 140 valence electrons. The fraction of sp³-hybridized carbons (Fsp3) is 0.174. The number of nitrogens with two attached hydrogens (primary N) is 1. The summed E-state index contributed by atoms with van der Waals surface area (Å²) in [6, 6.07) is 15.8. The zero-order chi connectivity index (χ0) is 19.7. The number of anilines is 1. The summed E-state index contributed by atoms with van der Waals surface area (Å²) < 4.78 is 4.78. The quantitative estimate of drug-likeness (QED) is 0.429. The Morgan fingerprint density at radius 3 is 2.68 bits per heavy atom. The van der Waals surface area contributed by atoms with Crippen LogP contribution in [0.5, 0.6) is 0 Å². The third-order valence-corrected chi connectivity index (χ3v) is 5.07. The Bertz CT molecular complexity index is 1200. The number of methoxy groups -OCH3 is 1. The molecule has 4 aromatic rings. The summed E-state index contributed by atoms with van der Waals surface area (Å²) >= 11 is 0. The highest BCUT2D eigenvalue weighted by atomic mass is 16.5. The number of nitrogens with zero attached hydrogens (tertiary/aromatic N) is 2. The van der Waals surface area contributed by atoms with Crippen LogP contribution in [0.25, 0.3) is 21.8 Å². The van der Waals surface area contributed by atoms with E-state index in [2.05, 4.69) is 16.0 Å². The van der Waals surface area contributed by atoms with Gasteiger partial charge in [0.2, 0.25) is 0 Å². The molecule has 0 unspecified atom stereocenters. The smallest absolute Gasteiger partial charge is 0.337 e. The lowest BCUT2D eigenvalue weighted by Crippen LogP contribution is -2.03. The number of ether oxygens (including phenoxy) is 1. The Hall–Kier alpha value is -3.47. The summed E-state index contributed by atoms with van der Waals surface area (Å²) in [6.45, 7) is 2.01. The normalized spacial score (nSPS) is 11.1. The predicted octanol–water partition coefficient (Wildman–Crippen LogP) is 4.25. The molecule has 2 heterocycles. The van der Waals surface area contributed by atoms with Gasteiger partial charge in [0.05, 0.1) is 18.2 Å². The van der Waals surface area contributed by atoms with E-state index in [1.807, 2.05) is 55.6 Å². The van der Waals surface area contributed by atoms with Crippen molar-refractivity contribution < 1.29 is 9.53 Å². The number of hydrogen-bond acceptors (Lipinski definition) is 5. The van der Waals surface area contributed by atoms with Crippen LogP contribution in [0, 0.1) is 6.92 Å². The number of carbonyl (C=O) groups excluding carboxylic acids is 1. The first-order valence-electron chi connectivity index (χ1n) is 9.17. The van der Waals surface area contributed by atoms with E-state index in [1.54, 1.807) is 0 Å². The van der Waals surface area contributed by atoms with E-state index in [-0.39, 0.29) is 5.97 Å². The van der Waals surface area contributed by atoms with Crippen molar-refractivity contribution in [3.8, 4) is 0 Å². The topological polar surface area (TPSA) is 78.1 Å². The van der Waals surface area contributed by atoms with Crippen molar-refractivity contribution in [1.82, 2.24) is 9.97 Å². The number of pyridine rings is 2. The third-order valence-electron chi connectivity index (χ3n) is 5.07. The van der Waals surface area contributed by atoms with Crippen molar-refractivity contribution in [2.24, 2.45) is 0 Å². The molecule has 2 aromatic carbocycles. The average molecular weight is 371 g/mol. The van der Waals surface area contributed by atoms with E-state index in [9.17, 15) is 4.79 Å². The minimum Gasteiger partial charge on any atom is -0.465 e. The zero-order valence-corrected chi connectivity index (χ0v) is 15.9. The second-order valence-electron chi connectivity index (χ2n) is 6.89. The second kappa shape index (κ2) is 7.27. The molecule has 0 saturated carbocycles. The van der Waals surface area contributed by atoms with Gasteiger partial charge in [0.25, 0.3) is 0 Å². The second-order valence-corrected chi connectivity index (χ2v) is 6.89. The minimum absolute atomic E-state index is 0.313. The van der Waals surface area contributed by atoms with Gasteiger partial charge in [-0.05, 0) is 60.7 Å². The highest BCUT2D eigenvalue weighted by molar-refractivity contribution is 6.08. The lowest BCUT2D eigenvalue weighted by Gasteiger charge is -2.10. The van der Waals surface area contributed by atoms with E-state index < -0.39 is 0 Å². The van der Waals surface area contributed by atoms with Crippen LogP contribution in [-0.4, -0.2) is 23.0 Å². The first kappa shape index (κ1) is 17.9. The lowest BCUT2D eigenvalue weighted by atomic mass is 9.98. The van der Waals surface area contributed by atoms with Gasteiger partial charge in [0, 0.05) is 17.0 Å². The van der Waals surface area contributed by atoms with Crippen molar-refractivity contribution in [3.05, 3.63) is 77.0 Å². The Kier molecular flexibility index (Phi) is 4.65. The van der Waals surface area contributed by atoms with Crippen LogP contribution in [0.3, 0.4) is 0 Å². The van der Waals surface area contributed by atoms with E-state index in [1.165, 1.54) is 12.7 Å². The number of rotatable bonds is 4. The number of esters is 1. The van der Waals surface area contributed by atoms with E-state index >= 15 is 0 Å². The van der Waals surface area contributed by atoms with Gasteiger partial charge in [0.15, 0.2) is 5.82 Å². The summed E-state index contributed by atoms with van der Waals surface area (Å²) in [5.41, 5.74) is 11.7. The molecule has 0 amide bonds. The lowest BCUT2D eigenvalue weighted by molar-refractivity contribution is 0.0600. The molecule has 0 aliphatic rings. The number of para-hydroxylation sites is 1. The fourth-order valence-corrected chi connectivity index (χ4v) is 3.54. The zero-order valence-electron chi connectivity index (χ0n) is 15.9. The maximum atomic E-state index is 11.7. The van der Waals surface area contributed by atoms with E-state index in [0.29, 0.717) is 11.4 Å². The molecule has 0 aliphatic carbocycles. The van der Waals surface area contributed by atoms with E-state index in [0.717, 1.165) is 45.8 Å². The maximum absolute atomic E-state index is 11.7. The Morgan fingerprint density at radius 1 is 1.07 bits per heavy atom. The van der Waals surface area contributed by atoms with Crippen LogP contribution < -0.4 is 5.73 Å².